The fourth-order valence-corrected chi connectivity index (χ4v) is 7.20. The van der Waals surface area contributed by atoms with Crippen molar-refractivity contribution in [1.82, 2.24) is 14.4 Å². The lowest BCUT2D eigenvalue weighted by Gasteiger charge is -2.19. The summed E-state index contributed by atoms with van der Waals surface area (Å²) < 4.78 is 2.33. The molecule has 3 heterocycles. The van der Waals surface area contributed by atoms with E-state index in [4.69, 9.17) is 4.98 Å². The lowest BCUT2D eigenvalue weighted by atomic mass is 10.1. The number of fused-ring (bicyclic) bond motifs is 8. The zero-order chi connectivity index (χ0) is 22.5. The van der Waals surface area contributed by atoms with E-state index in [0.717, 1.165) is 16.7 Å². The Hall–Kier alpha value is -4.07. The third kappa shape index (κ3) is 2.95. The number of imidazole rings is 1. The van der Waals surface area contributed by atoms with E-state index in [0.29, 0.717) is 0 Å². The maximum atomic E-state index is 5.10. The van der Waals surface area contributed by atoms with Crippen LogP contribution >= 0.6 is 7.92 Å². The van der Waals surface area contributed by atoms with Gasteiger partial charge in [-0.1, -0.05) is 84.9 Å². The lowest BCUT2D eigenvalue weighted by Crippen LogP contribution is -2.20. The zero-order valence-corrected chi connectivity index (χ0v) is 19.2. The molecule has 3 aromatic heterocycles. The Morgan fingerprint density at radius 2 is 1.29 bits per heavy atom. The Labute approximate surface area is 198 Å². The predicted molar refractivity (Wildman–Crippen MR) is 144 cm³/mol. The van der Waals surface area contributed by atoms with Crippen LogP contribution in [-0.4, -0.2) is 14.4 Å². The first-order valence-electron chi connectivity index (χ1n) is 11.4. The molecule has 34 heavy (non-hydrogen) atoms. The molecule has 3 nitrogen and oxygen atoms in total. The normalized spacial score (nSPS) is 12.6. The standard InChI is InChI=1S/C30H20N3P/c1-2-9-21(10-3-1)34(23-11-8-18-31-20-23)22-16-17-27-29(19-22)33-28-15-7-6-13-25(28)24-12-4-5-14-26(24)30(33)32-27/h1-20H. The number of hydrogen-bond acceptors (Lipinski definition) is 2. The summed E-state index contributed by atoms with van der Waals surface area (Å²) >= 11 is 0. The van der Waals surface area contributed by atoms with Crippen molar-refractivity contribution in [3.05, 3.63) is 122 Å². The highest BCUT2D eigenvalue weighted by atomic mass is 31.1. The van der Waals surface area contributed by atoms with Crippen molar-refractivity contribution in [1.29, 1.82) is 0 Å². The molecular weight excluding hydrogens is 433 g/mol. The summed E-state index contributed by atoms with van der Waals surface area (Å²) in [5, 5.41) is 7.51. The van der Waals surface area contributed by atoms with Crippen molar-refractivity contribution in [2.75, 3.05) is 0 Å². The summed E-state index contributed by atoms with van der Waals surface area (Å²) in [6.45, 7) is 0. The van der Waals surface area contributed by atoms with Gasteiger partial charge in [0.05, 0.1) is 16.6 Å². The van der Waals surface area contributed by atoms with Crippen LogP contribution in [0.4, 0.5) is 0 Å². The minimum Gasteiger partial charge on any atom is -0.292 e. The Morgan fingerprint density at radius 3 is 2.12 bits per heavy atom. The number of para-hydroxylation sites is 1. The first-order chi connectivity index (χ1) is 16.9. The Kier molecular flexibility index (Phi) is 4.43. The molecule has 4 heteroatoms. The van der Waals surface area contributed by atoms with Crippen LogP contribution in [0.1, 0.15) is 0 Å². The smallest absolute Gasteiger partial charge is 0.146 e. The summed E-state index contributed by atoms with van der Waals surface area (Å²) in [5.41, 5.74) is 4.34. The first kappa shape index (κ1) is 19.4. The van der Waals surface area contributed by atoms with Gasteiger partial charge in [-0.05, 0) is 48.2 Å². The summed E-state index contributed by atoms with van der Waals surface area (Å²) in [6.07, 6.45) is 3.84. The van der Waals surface area contributed by atoms with Gasteiger partial charge in [0.15, 0.2) is 0 Å². The molecule has 1 unspecified atom stereocenters. The van der Waals surface area contributed by atoms with Gasteiger partial charge in [-0.25, -0.2) is 4.98 Å². The van der Waals surface area contributed by atoms with Gasteiger partial charge in [-0.3, -0.25) is 9.38 Å². The van der Waals surface area contributed by atoms with Crippen LogP contribution in [0.2, 0.25) is 0 Å². The quantitative estimate of drug-likeness (QED) is 0.245. The third-order valence-electron chi connectivity index (χ3n) is 6.42. The molecule has 7 rings (SSSR count). The van der Waals surface area contributed by atoms with E-state index in [9.17, 15) is 0 Å². The first-order valence-corrected chi connectivity index (χ1v) is 12.7. The molecule has 0 fully saturated rings. The summed E-state index contributed by atoms with van der Waals surface area (Å²) in [6, 6.07) is 38.9. The number of benzene rings is 4. The van der Waals surface area contributed by atoms with E-state index in [1.54, 1.807) is 0 Å². The van der Waals surface area contributed by atoms with E-state index in [-0.39, 0.29) is 0 Å². The molecular formula is C30H20N3P. The molecule has 0 saturated carbocycles. The molecule has 1 atom stereocenters. The summed E-state index contributed by atoms with van der Waals surface area (Å²) in [7, 11) is -0.737. The van der Waals surface area contributed by atoms with E-state index in [1.165, 1.54) is 37.6 Å². The maximum Gasteiger partial charge on any atom is 0.146 e. The van der Waals surface area contributed by atoms with Crippen LogP contribution in [0.5, 0.6) is 0 Å². The Morgan fingerprint density at radius 1 is 0.559 bits per heavy atom. The van der Waals surface area contributed by atoms with Gasteiger partial charge in [0.25, 0.3) is 0 Å². The highest BCUT2D eigenvalue weighted by molar-refractivity contribution is 7.79. The van der Waals surface area contributed by atoms with Gasteiger partial charge >= 0.3 is 0 Å². The highest BCUT2D eigenvalue weighted by Gasteiger charge is 2.19. The number of hydrogen-bond donors (Lipinski definition) is 0. The van der Waals surface area contributed by atoms with Crippen LogP contribution in [0.3, 0.4) is 0 Å². The van der Waals surface area contributed by atoms with Crippen molar-refractivity contribution in [2.24, 2.45) is 0 Å². The second kappa shape index (κ2) is 7.76. The van der Waals surface area contributed by atoms with Crippen LogP contribution in [0.25, 0.3) is 38.4 Å². The molecule has 0 N–H and O–H groups in total. The zero-order valence-electron chi connectivity index (χ0n) is 18.3. The van der Waals surface area contributed by atoms with Gasteiger partial charge < -0.3 is 0 Å². The van der Waals surface area contributed by atoms with Gasteiger partial charge in [0.2, 0.25) is 0 Å². The topological polar surface area (TPSA) is 30.2 Å². The van der Waals surface area contributed by atoms with E-state index in [2.05, 4.69) is 113 Å². The van der Waals surface area contributed by atoms with Gasteiger partial charge in [0, 0.05) is 28.5 Å². The van der Waals surface area contributed by atoms with Crippen LogP contribution in [0, 0.1) is 0 Å². The molecule has 4 aromatic carbocycles. The molecule has 0 spiro atoms. The lowest BCUT2D eigenvalue weighted by molar-refractivity contribution is 1.32. The maximum absolute atomic E-state index is 5.10. The average Bonchev–Trinajstić information content (AvgIpc) is 3.30. The minimum atomic E-state index is -0.737. The molecule has 0 amide bonds. The van der Waals surface area contributed by atoms with Crippen LogP contribution in [0.15, 0.2) is 122 Å². The van der Waals surface area contributed by atoms with Crippen molar-refractivity contribution in [3.63, 3.8) is 0 Å². The Balaban J connectivity index is 1.57. The molecule has 0 radical (unpaired) electrons. The number of aromatic nitrogens is 3. The predicted octanol–water partition coefficient (Wildman–Crippen LogP) is 5.95. The van der Waals surface area contributed by atoms with E-state index < -0.39 is 7.92 Å². The highest BCUT2D eigenvalue weighted by Crippen LogP contribution is 2.36. The SMILES string of the molecule is c1ccc(P(c2cccnc2)c2ccc3nc4c5ccccc5c5ccccc5n4c3c2)cc1. The average molecular weight is 453 g/mol. The van der Waals surface area contributed by atoms with E-state index in [1.807, 2.05) is 18.5 Å². The van der Waals surface area contributed by atoms with Gasteiger partial charge in [-0.15, -0.1) is 0 Å². The minimum absolute atomic E-state index is 0.737. The Bertz CT molecular complexity index is 1770. The fourth-order valence-electron chi connectivity index (χ4n) is 4.95. The van der Waals surface area contributed by atoms with Gasteiger partial charge in [0.1, 0.15) is 5.65 Å². The molecule has 7 aromatic rings. The number of rotatable bonds is 3. The molecule has 0 aliphatic rings. The fraction of sp³-hybridized carbons (Fsp3) is 0. The van der Waals surface area contributed by atoms with Crippen LogP contribution in [-0.2, 0) is 0 Å². The van der Waals surface area contributed by atoms with Crippen LogP contribution < -0.4 is 15.9 Å². The van der Waals surface area contributed by atoms with Crippen molar-refractivity contribution in [2.45, 2.75) is 0 Å². The molecule has 0 aliphatic carbocycles. The third-order valence-corrected chi connectivity index (χ3v) is 8.81. The second-order valence-electron chi connectivity index (χ2n) is 8.39. The molecule has 160 valence electrons. The van der Waals surface area contributed by atoms with Crippen molar-refractivity contribution in [3.8, 4) is 0 Å². The molecule has 0 saturated heterocycles. The molecule has 0 bridgehead atoms. The van der Waals surface area contributed by atoms with E-state index >= 15 is 0 Å². The number of pyridine rings is 2. The van der Waals surface area contributed by atoms with Gasteiger partial charge in [-0.2, -0.15) is 0 Å². The monoisotopic (exact) mass is 453 g/mol. The van der Waals surface area contributed by atoms with Crippen molar-refractivity contribution >= 4 is 62.2 Å². The second-order valence-corrected chi connectivity index (χ2v) is 10.6. The summed E-state index contributed by atoms with van der Waals surface area (Å²) in [5.74, 6) is 0. The van der Waals surface area contributed by atoms with Crippen molar-refractivity contribution < 1.29 is 0 Å². The largest absolute Gasteiger partial charge is 0.292 e. The summed E-state index contributed by atoms with van der Waals surface area (Å²) in [4.78, 5) is 9.53. The molecule has 0 aliphatic heterocycles. The number of nitrogens with zero attached hydrogens (tertiary/aromatic N) is 3.